The molecule has 0 amide bonds. The first-order valence-electron chi connectivity index (χ1n) is 19.0. The Morgan fingerprint density at radius 2 is 0.893 bits per heavy atom. The number of hydrogen-bond donors (Lipinski definition) is 0. The van der Waals surface area contributed by atoms with Gasteiger partial charge in [0.15, 0.2) is 0 Å². The molecule has 6 heteroatoms. The number of para-hydroxylation sites is 8. The summed E-state index contributed by atoms with van der Waals surface area (Å²) in [6.45, 7) is 0. The van der Waals surface area contributed by atoms with Crippen molar-refractivity contribution >= 4 is 49.7 Å². The third-order valence-corrected chi connectivity index (χ3v) is 12.0. The van der Waals surface area contributed by atoms with Crippen LogP contribution in [0.25, 0.3) is 61.0 Å². The van der Waals surface area contributed by atoms with E-state index in [9.17, 15) is 0 Å². The second-order valence-corrected chi connectivity index (χ2v) is 14.7. The van der Waals surface area contributed by atoms with Crippen molar-refractivity contribution < 1.29 is 9.47 Å². The third-order valence-electron chi connectivity index (χ3n) is 12.0. The molecule has 13 rings (SSSR count). The van der Waals surface area contributed by atoms with E-state index in [0.29, 0.717) is 0 Å². The summed E-state index contributed by atoms with van der Waals surface area (Å²) >= 11 is 0. The van der Waals surface area contributed by atoms with Crippen molar-refractivity contribution in [1.82, 2.24) is 18.5 Å². The van der Waals surface area contributed by atoms with Gasteiger partial charge in [0.05, 0.1) is 38.5 Å². The van der Waals surface area contributed by atoms with Gasteiger partial charge in [0.1, 0.15) is 23.0 Å². The zero-order valence-electron chi connectivity index (χ0n) is 29.9. The highest BCUT2D eigenvalue weighted by Crippen LogP contribution is 2.61. The number of nitrogens with zero attached hydrogens (tertiary/aromatic N) is 4. The molecule has 0 radical (unpaired) electrons. The lowest BCUT2D eigenvalue weighted by Crippen LogP contribution is -2.36. The zero-order valence-corrected chi connectivity index (χ0v) is 29.9. The molecule has 8 aromatic carbocycles. The van der Waals surface area contributed by atoms with Crippen LogP contribution in [0.15, 0.2) is 182 Å². The second-order valence-electron chi connectivity index (χ2n) is 14.7. The van der Waals surface area contributed by atoms with E-state index in [1.807, 2.05) is 18.2 Å². The number of imidazole rings is 2. The first-order chi connectivity index (χ1) is 27.8. The molecule has 2 aliphatic heterocycles. The Balaban J connectivity index is 1.05. The smallest absolute Gasteiger partial charge is 0.220 e. The Morgan fingerprint density at radius 3 is 1.62 bits per heavy atom. The van der Waals surface area contributed by atoms with Crippen molar-refractivity contribution in [1.29, 1.82) is 0 Å². The quantitative estimate of drug-likeness (QED) is 0.179. The monoisotopic (exact) mass is 718 g/mol. The predicted octanol–water partition coefficient (Wildman–Crippen LogP) is 12.1. The van der Waals surface area contributed by atoms with Gasteiger partial charge in [0.2, 0.25) is 5.78 Å². The van der Waals surface area contributed by atoms with Crippen LogP contribution < -0.4 is 9.47 Å². The molecule has 0 atom stereocenters. The van der Waals surface area contributed by atoms with Gasteiger partial charge in [-0.2, -0.15) is 0 Å². The van der Waals surface area contributed by atoms with Crippen LogP contribution in [0.2, 0.25) is 0 Å². The molecule has 56 heavy (non-hydrogen) atoms. The second kappa shape index (κ2) is 10.8. The molecular weight excluding hydrogens is 689 g/mol. The normalized spacial score (nSPS) is 13.8. The SMILES string of the molecule is c1ccc2c(c1)Oc1ccccc1C21c2ccccc2Oc2cc(-n3c4ccccc4c4cc(-n5c6ccccc6n6c7ccccc7nc56)ccc43)ccc21. The minimum atomic E-state index is -0.633. The van der Waals surface area contributed by atoms with Crippen LogP contribution in [0.5, 0.6) is 23.0 Å². The highest BCUT2D eigenvalue weighted by molar-refractivity contribution is 6.10. The van der Waals surface area contributed by atoms with Gasteiger partial charge in [0.25, 0.3) is 0 Å². The molecule has 0 saturated carbocycles. The van der Waals surface area contributed by atoms with Crippen LogP contribution >= 0.6 is 0 Å². The topological polar surface area (TPSA) is 45.6 Å². The maximum absolute atomic E-state index is 6.91. The fourth-order valence-corrected chi connectivity index (χ4v) is 9.73. The summed E-state index contributed by atoms with van der Waals surface area (Å²) in [5, 5.41) is 2.34. The Kier molecular flexibility index (Phi) is 5.74. The van der Waals surface area contributed by atoms with Crippen molar-refractivity contribution in [2.24, 2.45) is 0 Å². The van der Waals surface area contributed by atoms with E-state index in [1.54, 1.807) is 0 Å². The van der Waals surface area contributed by atoms with Gasteiger partial charge in [-0.1, -0.05) is 103 Å². The molecule has 2 aliphatic rings. The lowest BCUT2D eigenvalue weighted by atomic mass is 9.62. The van der Waals surface area contributed by atoms with E-state index in [1.165, 1.54) is 5.39 Å². The number of hydrogen-bond acceptors (Lipinski definition) is 3. The van der Waals surface area contributed by atoms with E-state index in [-0.39, 0.29) is 0 Å². The maximum atomic E-state index is 6.91. The summed E-state index contributed by atoms with van der Waals surface area (Å²) in [6, 6.07) is 64.4. The standard InChI is InChI=1S/C50H30N4O2/c1-6-18-40-33(13-1)34-29-31(53-43-20-8-9-21-44(43)54-42-19-7-5-17-39(42)51-49(53)54)26-28-41(34)52(40)32-25-27-38-48(30-32)56-47-24-12-4-16-37(47)50(38)35-14-2-10-22-45(35)55-46-23-11-3-15-36(46)50/h1-30H. The molecule has 0 saturated heterocycles. The first-order valence-corrected chi connectivity index (χ1v) is 19.0. The molecule has 1 spiro atoms. The predicted molar refractivity (Wildman–Crippen MR) is 222 cm³/mol. The lowest BCUT2D eigenvalue weighted by molar-refractivity contribution is 0.399. The summed E-state index contributed by atoms with van der Waals surface area (Å²) in [6.07, 6.45) is 0. The fraction of sp³-hybridized carbons (Fsp3) is 0.0200. The number of fused-ring (bicyclic) bond motifs is 16. The number of aromatic nitrogens is 4. The summed E-state index contributed by atoms with van der Waals surface area (Å²) in [7, 11) is 0. The highest BCUT2D eigenvalue weighted by Gasteiger charge is 2.50. The molecule has 0 unspecified atom stereocenters. The summed E-state index contributed by atoms with van der Waals surface area (Å²) in [5.74, 6) is 4.27. The Hall–Kier alpha value is -7.57. The molecule has 0 bridgehead atoms. The van der Waals surface area contributed by atoms with Crippen molar-refractivity contribution in [3.05, 3.63) is 204 Å². The van der Waals surface area contributed by atoms with Crippen LogP contribution in [0, 0.1) is 0 Å². The minimum absolute atomic E-state index is 0.633. The summed E-state index contributed by atoms with van der Waals surface area (Å²) in [4.78, 5) is 5.14. The molecular formula is C50H30N4O2. The van der Waals surface area contributed by atoms with Gasteiger partial charge in [-0.05, 0) is 72.8 Å². The van der Waals surface area contributed by atoms with Crippen LogP contribution in [-0.2, 0) is 5.41 Å². The van der Waals surface area contributed by atoms with Gasteiger partial charge >= 0.3 is 0 Å². The van der Waals surface area contributed by atoms with Crippen LogP contribution in [0.3, 0.4) is 0 Å². The number of benzene rings is 8. The molecule has 0 fully saturated rings. The Labute approximate surface area is 320 Å². The molecule has 3 aromatic heterocycles. The molecule has 0 aliphatic carbocycles. The van der Waals surface area contributed by atoms with E-state index >= 15 is 0 Å². The van der Waals surface area contributed by atoms with Crippen LogP contribution in [0.1, 0.15) is 22.3 Å². The van der Waals surface area contributed by atoms with Crippen molar-refractivity contribution in [2.75, 3.05) is 0 Å². The van der Waals surface area contributed by atoms with Gasteiger partial charge in [-0.25, -0.2) is 4.98 Å². The fourth-order valence-electron chi connectivity index (χ4n) is 9.73. The minimum Gasteiger partial charge on any atom is -0.457 e. The molecule has 5 heterocycles. The van der Waals surface area contributed by atoms with E-state index in [4.69, 9.17) is 14.5 Å². The first kappa shape index (κ1) is 29.8. The summed E-state index contributed by atoms with van der Waals surface area (Å²) in [5.41, 5.74) is 12.4. The van der Waals surface area contributed by atoms with Crippen molar-refractivity contribution in [3.8, 4) is 34.4 Å². The van der Waals surface area contributed by atoms with Crippen LogP contribution in [0.4, 0.5) is 0 Å². The average molecular weight is 719 g/mol. The number of rotatable bonds is 2. The molecule has 6 nitrogen and oxygen atoms in total. The van der Waals surface area contributed by atoms with E-state index in [0.717, 1.165) is 101 Å². The molecule has 11 aromatic rings. The number of ether oxygens (including phenoxy) is 2. The van der Waals surface area contributed by atoms with Gasteiger partial charge < -0.3 is 14.0 Å². The largest absolute Gasteiger partial charge is 0.457 e. The van der Waals surface area contributed by atoms with Gasteiger partial charge in [0, 0.05) is 50.5 Å². The van der Waals surface area contributed by atoms with Gasteiger partial charge in [-0.15, -0.1) is 0 Å². The Morgan fingerprint density at radius 1 is 0.375 bits per heavy atom. The highest BCUT2D eigenvalue weighted by atomic mass is 16.5. The molecule has 0 N–H and O–H groups in total. The van der Waals surface area contributed by atoms with E-state index in [2.05, 4.69) is 177 Å². The third kappa shape index (κ3) is 3.72. The van der Waals surface area contributed by atoms with Crippen molar-refractivity contribution in [3.63, 3.8) is 0 Å². The van der Waals surface area contributed by atoms with Gasteiger partial charge in [-0.3, -0.25) is 8.97 Å². The van der Waals surface area contributed by atoms with Crippen LogP contribution in [-0.4, -0.2) is 18.5 Å². The zero-order chi connectivity index (χ0) is 36.5. The average Bonchev–Trinajstić information content (AvgIpc) is 3.90. The molecule has 262 valence electrons. The summed E-state index contributed by atoms with van der Waals surface area (Å²) < 4.78 is 20.4. The Bertz CT molecular complexity index is 3390. The lowest BCUT2D eigenvalue weighted by Gasteiger charge is -2.44. The van der Waals surface area contributed by atoms with E-state index < -0.39 is 5.41 Å². The maximum Gasteiger partial charge on any atom is 0.220 e. The van der Waals surface area contributed by atoms with Crippen molar-refractivity contribution in [2.45, 2.75) is 5.41 Å².